The van der Waals surface area contributed by atoms with E-state index in [2.05, 4.69) is 20.3 Å². The van der Waals surface area contributed by atoms with Crippen LogP contribution in [0.2, 0.25) is 0 Å². The molecular formula is C19H17N5O5S2. The Hall–Kier alpha value is -3.09. The van der Waals surface area contributed by atoms with E-state index in [0.29, 0.717) is 42.8 Å². The summed E-state index contributed by atoms with van der Waals surface area (Å²) in [6, 6.07) is 4.64. The number of aromatic nitrogens is 3. The van der Waals surface area contributed by atoms with Crippen molar-refractivity contribution >= 4 is 32.4 Å². The van der Waals surface area contributed by atoms with E-state index in [4.69, 9.17) is 9.47 Å². The van der Waals surface area contributed by atoms with Crippen molar-refractivity contribution in [3.05, 3.63) is 53.1 Å². The molecule has 31 heavy (non-hydrogen) atoms. The van der Waals surface area contributed by atoms with Gasteiger partial charge in [0, 0.05) is 36.3 Å². The van der Waals surface area contributed by atoms with Gasteiger partial charge in [-0.2, -0.15) is 4.31 Å². The molecule has 0 saturated heterocycles. The number of carbonyl (C=O) groups excluding carboxylic acids is 1. The highest BCUT2D eigenvalue weighted by Gasteiger charge is 2.31. The molecule has 0 spiro atoms. The Kier molecular flexibility index (Phi) is 5.04. The highest BCUT2D eigenvalue weighted by atomic mass is 32.2. The number of rotatable bonds is 4. The van der Waals surface area contributed by atoms with Crippen LogP contribution in [0.5, 0.6) is 11.5 Å². The van der Waals surface area contributed by atoms with Crippen LogP contribution < -0.4 is 14.8 Å². The summed E-state index contributed by atoms with van der Waals surface area (Å²) in [4.78, 5) is 25.5. The van der Waals surface area contributed by atoms with Gasteiger partial charge in [0.25, 0.3) is 5.91 Å². The maximum absolute atomic E-state index is 13.2. The van der Waals surface area contributed by atoms with Crippen molar-refractivity contribution in [3.63, 3.8) is 0 Å². The van der Waals surface area contributed by atoms with Gasteiger partial charge in [0.1, 0.15) is 18.9 Å². The summed E-state index contributed by atoms with van der Waals surface area (Å²) in [6.45, 7) is 1.30. The first-order chi connectivity index (χ1) is 15.0. The van der Waals surface area contributed by atoms with Gasteiger partial charge in [-0.3, -0.25) is 15.1 Å². The molecule has 4 heterocycles. The van der Waals surface area contributed by atoms with Gasteiger partial charge in [-0.15, -0.1) is 11.3 Å². The normalized spacial score (nSPS) is 15.9. The molecule has 0 saturated carbocycles. The molecule has 1 amide bonds. The minimum atomic E-state index is -3.72. The van der Waals surface area contributed by atoms with E-state index in [9.17, 15) is 13.2 Å². The van der Waals surface area contributed by atoms with E-state index in [0.717, 1.165) is 10.6 Å². The van der Waals surface area contributed by atoms with E-state index >= 15 is 0 Å². The van der Waals surface area contributed by atoms with Crippen LogP contribution in [0.15, 0.2) is 41.7 Å². The molecule has 0 radical (unpaired) electrons. The van der Waals surface area contributed by atoms with Crippen LogP contribution in [-0.2, 0) is 23.0 Å². The smallest absolute Gasteiger partial charge is 0.277 e. The predicted molar refractivity (Wildman–Crippen MR) is 111 cm³/mol. The third kappa shape index (κ3) is 3.84. The lowest BCUT2D eigenvalue weighted by Crippen LogP contribution is -2.35. The third-order valence-electron chi connectivity index (χ3n) is 4.86. The summed E-state index contributed by atoms with van der Waals surface area (Å²) in [7, 11) is -3.72. The Morgan fingerprint density at radius 1 is 1.16 bits per heavy atom. The van der Waals surface area contributed by atoms with Crippen molar-refractivity contribution in [2.75, 3.05) is 25.1 Å². The average molecular weight is 460 g/mol. The summed E-state index contributed by atoms with van der Waals surface area (Å²) in [5.74, 6) is 0.550. The van der Waals surface area contributed by atoms with E-state index in [1.54, 1.807) is 6.07 Å². The van der Waals surface area contributed by atoms with E-state index in [1.807, 2.05) is 0 Å². The maximum Gasteiger partial charge on any atom is 0.277 e. The van der Waals surface area contributed by atoms with Gasteiger partial charge in [-0.25, -0.2) is 18.4 Å². The number of carbonyl (C=O) groups is 1. The first-order valence-corrected chi connectivity index (χ1v) is 11.7. The summed E-state index contributed by atoms with van der Waals surface area (Å²) >= 11 is 1.25. The molecule has 0 aliphatic carbocycles. The second-order valence-corrected chi connectivity index (χ2v) is 9.85. The van der Waals surface area contributed by atoms with Gasteiger partial charge in [-0.1, -0.05) is 0 Å². The summed E-state index contributed by atoms with van der Waals surface area (Å²) in [6.07, 6.45) is 4.74. The summed E-state index contributed by atoms with van der Waals surface area (Å²) in [5, 5.41) is 3.10. The summed E-state index contributed by atoms with van der Waals surface area (Å²) in [5.41, 5.74) is 0.964. The zero-order chi connectivity index (χ0) is 21.4. The fourth-order valence-electron chi connectivity index (χ4n) is 3.34. The van der Waals surface area contributed by atoms with Gasteiger partial charge in [0.05, 0.1) is 23.3 Å². The standard InChI is InChI=1S/C19H17N5O5S2/c25-18(14-10-20-4-5-21-14)23-19-22-13-3-6-24(11-17(13)30-19)31(26,27)12-1-2-15-16(9-12)29-8-7-28-15/h1-2,4-5,9-10H,3,6-8,11H2,(H,22,23,25). The van der Waals surface area contributed by atoms with Crippen LogP contribution in [-0.4, -0.2) is 53.3 Å². The monoisotopic (exact) mass is 459 g/mol. The van der Waals surface area contributed by atoms with Crippen LogP contribution >= 0.6 is 11.3 Å². The zero-order valence-electron chi connectivity index (χ0n) is 16.1. The van der Waals surface area contributed by atoms with Crippen LogP contribution in [0.3, 0.4) is 0 Å². The van der Waals surface area contributed by atoms with E-state index < -0.39 is 15.9 Å². The Labute approximate surface area is 181 Å². The van der Waals surface area contributed by atoms with E-state index in [1.165, 1.54) is 46.4 Å². The minimum absolute atomic E-state index is 0.154. The molecule has 2 aliphatic rings. The molecule has 0 bridgehead atoms. The van der Waals surface area contributed by atoms with Crippen molar-refractivity contribution in [3.8, 4) is 11.5 Å². The van der Waals surface area contributed by atoms with Gasteiger partial charge < -0.3 is 9.47 Å². The highest BCUT2D eigenvalue weighted by molar-refractivity contribution is 7.89. The minimum Gasteiger partial charge on any atom is -0.486 e. The Bertz CT molecular complexity index is 1250. The molecule has 0 atom stereocenters. The van der Waals surface area contributed by atoms with Crippen molar-refractivity contribution in [1.29, 1.82) is 0 Å². The molecule has 10 nitrogen and oxygen atoms in total. The molecule has 160 valence electrons. The van der Waals surface area contributed by atoms with Gasteiger partial charge >= 0.3 is 0 Å². The Morgan fingerprint density at radius 2 is 2.00 bits per heavy atom. The van der Waals surface area contributed by atoms with Crippen LogP contribution in [0.1, 0.15) is 21.1 Å². The Balaban J connectivity index is 1.34. The number of benzene rings is 1. The molecule has 2 aromatic heterocycles. The number of ether oxygens (including phenoxy) is 2. The van der Waals surface area contributed by atoms with Gasteiger partial charge in [0.15, 0.2) is 16.6 Å². The number of amides is 1. The topological polar surface area (TPSA) is 124 Å². The van der Waals surface area contributed by atoms with Gasteiger partial charge in [-0.05, 0) is 12.1 Å². The van der Waals surface area contributed by atoms with Crippen molar-refractivity contribution in [1.82, 2.24) is 19.3 Å². The van der Waals surface area contributed by atoms with Crippen molar-refractivity contribution in [2.45, 2.75) is 17.9 Å². The lowest BCUT2D eigenvalue weighted by molar-refractivity contribution is 0.102. The fourth-order valence-corrected chi connectivity index (χ4v) is 5.87. The number of thiazole rings is 1. The number of anilines is 1. The number of hydrogen-bond acceptors (Lipinski definition) is 9. The number of nitrogens with zero attached hydrogens (tertiary/aromatic N) is 4. The van der Waals surface area contributed by atoms with Crippen molar-refractivity contribution in [2.24, 2.45) is 0 Å². The Morgan fingerprint density at radius 3 is 2.81 bits per heavy atom. The fraction of sp³-hybridized carbons (Fsp3) is 0.263. The highest BCUT2D eigenvalue weighted by Crippen LogP contribution is 2.35. The van der Waals surface area contributed by atoms with Gasteiger partial charge in [0.2, 0.25) is 10.0 Å². The van der Waals surface area contributed by atoms with Crippen LogP contribution in [0, 0.1) is 0 Å². The molecule has 1 aromatic carbocycles. The van der Waals surface area contributed by atoms with E-state index in [-0.39, 0.29) is 17.1 Å². The lowest BCUT2D eigenvalue weighted by Gasteiger charge is -2.26. The molecule has 0 unspecified atom stereocenters. The number of nitrogens with one attached hydrogen (secondary N) is 1. The molecule has 2 aliphatic heterocycles. The van der Waals surface area contributed by atoms with Crippen LogP contribution in [0.4, 0.5) is 5.13 Å². The second kappa shape index (κ2) is 7.87. The number of fused-ring (bicyclic) bond motifs is 2. The van der Waals surface area contributed by atoms with Crippen LogP contribution in [0.25, 0.3) is 0 Å². The first-order valence-electron chi connectivity index (χ1n) is 9.46. The molecule has 3 aromatic rings. The lowest BCUT2D eigenvalue weighted by atomic mass is 10.2. The number of hydrogen-bond donors (Lipinski definition) is 1. The molecule has 5 rings (SSSR count). The first kappa shape index (κ1) is 19.8. The quantitative estimate of drug-likeness (QED) is 0.625. The van der Waals surface area contributed by atoms with Crippen molar-refractivity contribution < 1.29 is 22.7 Å². The maximum atomic E-state index is 13.2. The predicted octanol–water partition coefficient (Wildman–Crippen LogP) is 1.70. The second-order valence-electron chi connectivity index (χ2n) is 6.83. The average Bonchev–Trinajstić information content (AvgIpc) is 3.20. The SMILES string of the molecule is O=C(Nc1nc2c(s1)CN(S(=O)(=O)c1ccc3c(c1)OCCO3)CC2)c1cnccn1. The molecule has 1 N–H and O–H groups in total. The molecular weight excluding hydrogens is 442 g/mol. The largest absolute Gasteiger partial charge is 0.486 e. The number of sulfonamides is 1. The molecule has 12 heteroatoms. The third-order valence-corrected chi connectivity index (χ3v) is 7.70. The molecule has 0 fully saturated rings. The summed E-state index contributed by atoms with van der Waals surface area (Å²) < 4.78 is 38.8. The zero-order valence-corrected chi connectivity index (χ0v) is 17.8.